The van der Waals surface area contributed by atoms with Gasteiger partial charge in [-0.25, -0.2) is 0 Å². The van der Waals surface area contributed by atoms with Crippen molar-refractivity contribution in [1.29, 1.82) is 0 Å². The summed E-state index contributed by atoms with van der Waals surface area (Å²) >= 11 is 7.25. The van der Waals surface area contributed by atoms with E-state index in [1.165, 1.54) is 11.8 Å². The first-order valence-corrected chi connectivity index (χ1v) is 12.4. The van der Waals surface area contributed by atoms with E-state index in [0.717, 1.165) is 61.7 Å². The maximum atomic E-state index is 12.1. The molecule has 1 aliphatic heterocycles. The second-order valence-electron chi connectivity index (χ2n) is 7.80. The van der Waals surface area contributed by atoms with Crippen molar-refractivity contribution >= 4 is 41.0 Å². The van der Waals surface area contributed by atoms with Crippen molar-refractivity contribution in [3.63, 3.8) is 0 Å². The average Bonchev–Trinajstić information content (AvgIpc) is 2.83. The predicted octanol–water partition coefficient (Wildman–Crippen LogP) is 3.32. The topological polar surface area (TPSA) is 87.2 Å². The largest absolute Gasteiger partial charge is 0.356 e. The average molecular weight is 476 g/mol. The van der Waals surface area contributed by atoms with Gasteiger partial charge < -0.3 is 15.5 Å². The van der Waals surface area contributed by atoms with Crippen molar-refractivity contribution in [2.24, 2.45) is 5.92 Å². The lowest BCUT2D eigenvalue weighted by atomic mass is 9.96. The molecule has 3 rings (SSSR count). The molecule has 1 aromatic heterocycles. The molecule has 0 aliphatic carbocycles. The van der Waals surface area contributed by atoms with Crippen LogP contribution in [0, 0.1) is 5.92 Å². The Balaban J connectivity index is 1.36. The van der Waals surface area contributed by atoms with Crippen LogP contribution in [0.5, 0.6) is 0 Å². The molecule has 0 bridgehead atoms. The zero-order valence-electron chi connectivity index (χ0n) is 18.3. The van der Waals surface area contributed by atoms with Crippen LogP contribution in [0.3, 0.4) is 0 Å². The molecule has 172 valence electrons. The summed E-state index contributed by atoms with van der Waals surface area (Å²) in [6, 6.07) is 11.5. The van der Waals surface area contributed by atoms with E-state index in [0.29, 0.717) is 17.3 Å². The number of halogens is 1. The molecule has 9 heteroatoms. The lowest BCUT2D eigenvalue weighted by Crippen LogP contribution is -2.41. The number of amides is 2. The van der Waals surface area contributed by atoms with Crippen LogP contribution in [-0.2, 0) is 16.0 Å². The molecule has 2 N–H and O–H groups in total. The molecule has 7 nitrogen and oxygen atoms in total. The Labute approximate surface area is 198 Å². The Morgan fingerprint density at radius 3 is 2.47 bits per heavy atom. The number of hydrogen-bond acceptors (Lipinski definition) is 6. The molecule has 0 spiro atoms. The van der Waals surface area contributed by atoms with E-state index in [1.54, 1.807) is 0 Å². The molecule has 0 unspecified atom stereocenters. The lowest BCUT2D eigenvalue weighted by molar-refractivity contribution is -0.125. The van der Waals surface area contributed by atoms with Gasteiger partial charge in [0, 0.05) is 37.1 Å². The van der Waals surface area contributed by atoms with Crippen molar-refractivity contribution in [3.8, 4) is 0 Å². The highest BCUT2D eigenvalue weighted by Crippen LogP contribution is 2.23. The normalized spacial score (nSPS) is 14.2. The first kappa shape index (κ1) is 24.3. The molecule has 1 saturated heterocycles. The summed E-state index contributed by atoms with van der Waals surface area (Å²) in [6.45, 7) is 4.96. The molecular formula is C23H30ClN5O2S. The Kier molecular flexibility index (Phi) is 9.62. The number of carbonyl (C=O) groups is 2. The Hall–Kier alpha value is -2.32. The monoisotopic (exact) mass is 475 g/mol. The third-order valence-corrected chi connectivity index (χ3v) is 6.54. The van der Waals surface area contributed by atoms with Crippen LogP contribution >= 0.6 is 23.4 Å². The summed E-state index contributed by atoms with van der Waals surface area (Å²) in [6.07, 6.45) is 3.36. The van der Waals surface area contributed by atoms with E-state index in [-0.39, 0.29) is 17.7 Å². The van der Waals surface area contributed by atoms with Crippen molar-refractivity contribution in [1.82, 2.24) is 20.8 Å². The first-order chi connectivity index (χ1) is 15.5. The minimum atomic E-state index is -0.0294. The molecule has 0 radical (unpaired) electrons. The number of anilines is 1. The molecule has 2 aromatic rings. The van der Waals surface area contributed by atoms with Crippen LogP contribution in [0.1, 0.15) is 31.7 Å². The van der Waals surface area contributed by atoms with Gasteiger partial charge in [0.2, 0.25) is 11.8 Å². The van der Waals surface area contributed by atoms with Gasteiger partial charge in [0.15, 0.2) is 5.82 Å². The molecule has 0 atom stereocenters. The number of nitrogens with zero attached hydrogens (tertiary/aromatic N) is 3. The van der Waals surface area contributed by atoms with Gasteiger partial charge in [-0.2, -0.15) is 0 Å². The molecule has 1 fully saturated rings. The molecular weight excluding hydrogens is 446 g/mol. The van der Waals surface area contributed by atoms with Gasteiger partial charge in [-0.1, -0.05) is 42.4 Å². The number of carbonyl (C=O) groups excluding carboxylic acids is 2. The van der Waals surface area contributed by atoms with E-state index < -0.39 is 0 Å². The Bertz CT molecular complexity index is 871. The number of thioether (sulfide) groups is 1. The molecule has 1 aliphatic rings. The fourth-order valence-corrected chi connectivity index (χ4v) is 4.28. The Morgan fingerprint density at radius 2 is 1.81 bits per heavy atom. The number of nitrogens with one attached hydrogen (secondary N) is 2. The van der Waals surface area contributed by atoms with Gasteiger partial charge in [-0.15, -0.1) is 10.2 Å². The van der Waals surface area contributed by atoms with Crippen LogP contribution in [0.2, 0.25) is 5.02 Å². The highest BCUT2D eigenvalue weighted by molar-refractivity contribution is 7.99. The van der Waals surface area contributed by atoms with Crippen LogP contribution in [-0.4, -0.2) is 53.9 Å². The zero-order valence-corrected chi connectivity index (χ0v) is 19.9. The van der Waals surface area contributed by atoms with Crippen LogP contribution < -0.4 is 15.5 Å². The van der Waals surface area contributed by atoms with Gasteiger partial charge in [-0.05, 0) is 55.5 Å². The molecule has 2 heterocycles. The summed E-state index contributed by atoms with van der Waals surface area (Å²) in [5, 5.41) is 15.9. The highest BCUT2D eigenvalue weighted by atomic mass is 35.5. The van der Waals surface area contributed by atoms with Gasteiger partial charge in [0.1, 0.15) is 5.03 Å². The fourth-order valence-electron chi connectivity index (χ4n) is 3.51. The smallest absolute Gasteiger partial charge is 0.230 e. The SMILES string of the molecule is CCCNC(=O)C1CCN(c2ccc(SCC(=O)NCCc3ccc(Cl)cc3)nn2)CC1. The second kappa shape index (κ2) is 12.6. The first-order valence-electron chi connectivity index (χ1n) is 11.1. The molecule has 1 aromatic carbocycles. The highest BCUT2D eigenvalue weighted by Gasteiger charge is 2.25. The van der Waals surface area contributed by atoms with Gasteiger partial charge in [-0.3, -0.25) is 9.59 Å². The van der Waals surface area contributed by atoms with E-state index in [2.05, 4.69) is 32.7 Å². The minimum absolute atomic E-state index is 0.0294. The fraction of sp³-hybridized carbons (Fsp3) is 0.478. The van der Waals surface area contributed by atoms with Crippen LogP contribution in [0.4, 0.5) is 5.82 Å². The van der Waals surface area contributed by atoms with Crippen molar-refractivity contribution < 1.29 is 9.59 Å². The maximum absolute atomic E-state index is 12.1. The van der Waals surface area contributed by atoms with E-state index in [4.69, 9.17) is 11.6 Å². The lowest BCUT2D eigenvalue weighted by Gasteiger charge is -2.31. The van der Waals surface area contributed by atoms with Gasteiger partial charge in [0.25, 0.3) is 0 Å². The van der Waals surface area contributed by atoms with Crippen LogP contribution in [0.25, 0.3) is 0 Å². The summed E-state index contributed by atoms with van der Waals surface area (Å²) in [5.41, 5.74) is 1.13. The third kappa shape index (κ3) is 7.67. The van der Waals surface area contributed by atoms with E-state index in [1.807, 2.05) is 36.4 Å². The van der Waals surface area contributed by atoms with E-state index >= 15 is 0 Å². The second-order valence-corrected chi connectivity index (χ2v) is 9.23. The predicted molar refractivity (Wildman–Crippen MR) is 129 cm³/mol. The maximum Gasteiger partial charge on any atom is 0.230 e. The Morgan fingerprint density at radius 1 is 1.06 bits per heavy atom. The van der Waals surface area contributed by atoms with Crippen molar-refractivity contribution in [2.45, 2.75) is 37.6 Å². The van der Waals surface area contributed by atoms with E-state index in [9.17, 15) is 9.59 Å². The standard InChI is InChI=1S/C23H30ClN5O2S/c1-2-12-26-23(31)18-10-14-29(15-11-18)20-7-8-22(28-27-20)32-16-21(30)25-13-9-17-3-5-19(24)6-4-17/h3-8,18H,2,9-16H2,1H3,(H,25,30)(H,26,31). The zero-order chi connectivity index (χ0) is 22.8. The summed E-state index contributed by atoms with van der Waals surface area (Å²) in [4.78, 5) is 26.4. The third-order valence-electron chi connectivity index (χ3n) is 5.37. The van der Waals surface area contributed by atoms with Crippen LogP contribution in [0.15, 0.2) is 41.4 Å². The number of rotatable bonds is 10. The minimum Gasteiger partial charge on any atom is -0.356 e. The summed E-state index contributed by atoms with van der Waals surface area (Å²) in [7, 11) is 0. The summed E-state index contributed by atoms with van der Waals surface area (Å²) < 4.78 is 0. The molecule has 2 amide bonds. The van der Waals surface area contributed by atoms with Crippen molar-refractivity contribution in [3.05, 3.63) is 47.0 Å². The number of piperidine rings is 1. The number of hydrogen-bond donors (Lipinski definition) is 2. The van der Waals surface area contributed by atoms with Gasteiger partial charge in [0.05, 0.1) is 5.75 Å². The van der Waals surface area contributed by atoms with Gasteiger partial charge >= 0.3 is 0 Å². The molecule has 32 heavy (non-hydrogen) atoms. The quantitative estimate of drug-likeness (QED) is 0.512. The summed E-state index contributed by atoms with van der Waals surface area (Å²) in [5.74, 6) is 1.33. The number of aromatic nitrogens is 2. The number of benzene rings is 1. The van der Waals surface area contributed by atoms with Crippen molar-refractivity contribution in [2.75, 3.05) is 36.8 Å². The molecule has 0 saturated carbocycles.